The number of amides is 1. The van der Waals surface area contributed by atoms with E-state index in [0.717, 1.165) is 55.1 Å². The minimum atomic E-state index is -4.82. The molecule has 42 heavy (non-hydrogen) atoms. The molecule has 9 nitrogen and oxygen atoms in total. The predicted molar refractivity (Wildman–Crippen MR) is 154 cm³/mol. The van der Waals surface area contributed by atoms with Crippen LogP contribution in [0.2, 0.25) is 0 Å². The van der Waals surface area contributed by atoms with Crippen LogP contribution in [0.3, 0.4) is 0 Å². The zero-order valence-electron chi connectivity index (χ0n) is 23.7. The number of carbonyl (C=O) groups excluding carboxylic acids is 1. The third kappa shape index (κ3) is 6.44. The molecule has 0 aliphatic carbocycles. The number of piperidine rings is 1. The largest absolute Gasteiger partial charge is 0.493 e. The number of nitrogens with zero attached hydrogens (tertiary/aromatic N) is 5. The van der Waals surface area contributed by atoms with E-state index < -0.39 is 40.3 Å². The smallest absolute Gasteiger partial charge is 0.419 e. The van der Waals surface area contributed by atoms with Crippen molar-refractivity contribution < 1.29 is 32.6 Å². The van der Waals surface area contributed by atoms with Gasteiger partial charge in [-0.25, -0.2) is 4.98 Å². The second kappa shape index (κ2) is 12.4. The zero-order chi connectivity index (χ0) is 30.8. The highest BCUT2D eigenvalue weighted by atomic mass is 32.1. The summed E-state index contributed by atoms with van der Waals surface area (Å²) >= 11 is 4.65. The number of ether oxygens (including phenoxy) is 1. The average molecular weight is 606 g/mol. The van der Waals surface area contributed by atoms with Crippen LogP contribution >= 0.6 is 12.6 Å². The van der Waals surface area contributed by atoms with E-state index in [0.29, 0.717) is 30.4 Å². The first-order chi connectivity index (χ1) is 19.8. The molecule has 3 heterocycles. The van der Waals surface area contributed by atoms with Crippen molar-refractivity contribution in [2.75, 3.05) is 36.0 Å². The molecule has 2 aliphatic rings. The number of aryl methyl sites for hydroxylation is 1. The monoisotopic (exact) mass is 605 g/mol. The van der Waals surface area contributed by atoms with Gasteiger partial charge in [0.25, 0.3) is 5.91 Å². The average Bonchev–Trinajstić information content (AvgIpc) is 3.11. The Hall–Kier alpha value is -3.50. The normalized spacial score (nSPS) is 19.7. The molecule has 0 saturated carbocycles. The van der Waals surface area contributed by atoms with Crippen molar-refractivity contribution in [1.29, 1.82) is 5.26 Å². The lowest BCUT2D eigenvalue weighted by Crippen LogP contribution is -2.45. The summed E-state index contributed by atoms with van der Waals surface area (Å²) in [4.78, 5) is 33.0. The van der Waals surface area contributed by atoms with E-state index in [4.69, 9.17) is 15.1 Å². The summed E-state index contributed by atoms with van der Waals surface area (Å²) in [5.41, 5.74) is -2.61. The van der Waals surface area contributed by atoms with E-state index >= 15 is 0 Å². The second-order valence-electron chi connectivity index (χ2n) is 11.0. The van der Waals surface area contributed by atoms with Gasteiger partial charge in [-0.1, -0.05) is 6.92 Å². The van der Waals surface area contributed by atoms with Gasteiger partial charge in [0, 0.05) is 5.69 Å². The predicted octanol–water partition coefficient (Wildman–Crippen LogP) is 4.95. The molecule has 13 heteroatoms. The Kier molecular flexibility index (Phi) is 9.27. The highest BCUT2D eigenvalue weighted by molar-refractivity contribution is 7.81. The van der Waals surface area contributed by atoms with E-state index in [9.17, 15) is 22.8 Å². The highest BCUT2D eigenvalue weighted by Crippen LogP contribution is 2.42. The number of hydrogen-bond acceptors (Lipinski definition) is 8. The van der Waals surface area contributed by atoms with Gasteiger partial charge in [0.2, 0.25) is 0 Å². The van der Waals surface area contributed by atoms with Crippen LogP contribution in [0, 0.1) is 17.2 Å². The molecule has 0 bridgehead atoms. The lowest BCUT2D eigenvalue weighted by atomic mass is 9.94. The van der Waals surface area contributed by atoms with E-state index in [2.05, 4.69) is 17.6 Å². The number of aliphatic carboxylic acids is 1. The van der Waals surface area contributed by atoms with Crippen molar-refractivity contribution in [2.24, 2.45) is 5.92 Å². The van der Waals surface area contributed by atoms with Gasteiger partial charge in [-0.05, 0) is 88.4 Å². The van der Waals surface area contributed by atoms with Crippen molar-refractivity contribution in [3.05, 3.63) is 47.3 Å². The molecule has 4 rings (SSSR count). The number of likely N-dealkylation sites (tertiary alicyclic amines) is 1. The summed E-state index contributed by atoms with van der Waals surface area (Å²) in [5.74, 6) is -0.101. The molecule has 1 unspecified atom stereocenters. The molecule has 1 aromatic heterocycles. The summed E-state index contributed by atoms with van der Waals surface area (Å²) in [6.07, 6.45) is -0.388. The maximum absolute atomic E-state index is 13.6. The molecule has 2 aromatic rings. The van der Waals surface area contributed by atoms with Gasteiger partial charge in [-0.15, -0.1) is 12.6 Å². The number of carboxylic acid groups (broad SMARTS) is 1. The first kappa shape index (κ1) is 31.4. The Morgan fingerprint density at radius 3 is 2.52 bits per heavy atom. The lowest BCUT2D eigenvalue weighted by Gasteiger charge is -2.34. The minimum Gasteiger partial charge on any atom is -0.493 e. The van der Waals surface area contributed by atoms with Crippen LogP contribution in [-0.2, 0) is 22.2 Å². The van der Waals surface area contributed by atoms with Crippen LogP contribution in [0.25, 0.3) is 0 Å². The van der Waals surface area contributed by atoms with Gasteiger partial charge in [-0.2, -0.15) is 18.4 Å². The molecule has 0 radical (unpaired) electrons. The number of rotatable bonds is 9. The molecule has 1 atom stereocenters. The molecule has 0 spiro atoms. The molecule has 1 aromatic carbocycles. The highest BCUT2D eigenvalue weighted by Gasteiger charge is 2.52. The molecule has 1 N–H and O–H groups in total. The van der Waals surface area contributed by atoms with Gasteiger partial charge < -0.3 is 14.7 Å². The van der Waals surface area contributed by atoms with Crippen LogP contribution in [0.5, 0.6) is 5.75 Å². The Morgan fingerprint density at radius 2 is 1.93 bits per heavy atom. The zero-order valence-corrected chi connectivity index (χ0v) is 24.6. The van der Waals surface area contributed by atoms with Crippen molar-refractivity contribution in [1.82, 2.24) is 9.88 Å². The van der Waals surface area contributed by atoms with Crippen molar-refractivity contribution in [3.8, 4) is 11.8 Å². The molecule has 2 aliphatic heterocycles. The lowest BCUT2D eigenvalue weighted by molar-refractivity contribution is -0.139. The number of thiol groups is 1. The molecule has 2 fully saturated rings. The van der Waals surface area contributed by atoms with Gasteiger partial charge >= 0.3 is 12.1 Å². The Labute approximate surface area is 248 Å². The fourth-order valence-corrected chi connectivity index (χ4v) is 6.26. The summed E-state index contributed by atoms with van der Waals surface area (Å²) in [5, 5.41) is 18.1. The summed E-state index contributed by atoms with van der Waals surface area (Å²) in [6.45, 7) is 7.44. The number of nitriles is 1. The number of aromatic nitrogens is 1. The fraction of sp³-hybridized carbons (Fsp3) is 0.517. The van der Waals surface area contributed by atoms with Gasteiger partial charge in [0.05, 0.1) is 30.6 Å². The van der Waals surface area contributed by atoms with Crippen LogP contribution in [0.4, 0.5) is 24.5 Å². The van der Waals surface area contributed by atoms with Crippen LogP contribution in [0.1, 0.15) is 56.9 Å². The van der Waals surface area contributed by atoms with Crippen LogP contribution in [-0.4, -0.2) is 64.1 Å². The maximum atomic E-state index is 13.6. The van der Waals surface area contributed by atoms with Crippen molar-refractivity contribution in [2.45, 2.75) is 63.7 Å². The molecule has 226 valence electrons. The van der Waals surface area contributed by atoms with Gasteiger partial charge in [0.1, 0.15) is 17.4 Å². The Morgan fingerprint density at radius 1 is 1.24 bits per heavy atom. The number of hydrogen-bond donors (Lipinski definition) is 2. The third-order valence-corrected chi connectivity index (χ3v) is 8.38. The summed E-state index contributed by atoms with van der Waals surface area (Å²) in [7, 11) is 0. The van der Waals surface area contributed by atoms with Crippen LogP contribution in [0.15, 0.2) is 30.5 Å². The van der Waals surface area contributed by atoms with E-state index in [1.165, 1.54) is 6.07 Å². The number of carbonyl (C=O) groups is 2. The first-order valence-electron chi connectivity index (χ1n) is 13.8. The molecule has 2 saturated heterocycles. The van der Waals surface area contributed by atoms with E-state index in [1.807, 2.05) is 24.0 Å². The fourth-order valence-electron chi connectivity index (χ4n) is 5.60. The number of anilines is 2. The quantitative estimate of drug-likeness (QED) is 0.387. The third-order valence-electron chi connectivity index (χ3n) is 7.92. The van der Waals surface area contributed by atoms with Gasteiger partial charge in [0.15, 0.2) is 11.2 Å². The van der Waals surface area contributed by atoms with Crippen LogP contribution < -0.4 is 14.5 Å². The molecular formula is C29H34F3N5O4S. The summed E-state index contributed by atoms with van der Waals surface area (Å²) < 4.78 is 46.9. The number of alkyl halides is 3. The first-order valence-corrected chi connectivity index (χ1v) is 14.3. The number of pyridine rings is 1. The van der Waals surface area contributed by atoms with E-state index in [-0.39, 0.29) is 12.2 Å². The number of halogens is 3. The molecular weight excluding hydrogens is 571 g/mol. The Bertz CT molecular complexity index is 1370. The second-order valence-corrected chi connectivity index (χ2v) is 11.5. The number of carboxylic acids is 1. The van der Waals surface area contributed by atoms with Gasteiger partial charge in [-0.3, -0.25) is 19.4 Å². The number of benzene rings is 1. The van der Waals surface area contributed by atoms with Crippen molar-refractivity contribution >= 4 is 35.9 Å². The van der Waals surface area contributed by atoms with Crippen molar-refractivity contribution in [3.63, 3.8) is 0 Å². The summed E-state index contributed by atoms with van der Waals surface area (Å²) in [6, 6.07) is 7.75. The molecule has 1 amide bonds. The Balaban J connectivity index is 1.49. The topological polar surface area (TPSA) is 110 Å². The maximum Gasteiger partial charge on any atom is 0.419 e. The van der Waals surface area contributed by atoms with E-state index in [1.54, 1.807) is 24.8 Å². The SMILES string of the molecule is CCc1cc(N2C(S)N(c3cnc(C#N)c(C(F)(F)F)c3)C(=O)C2(C)C)ccc1OCCC1CCN(CC(=O)O)CC1. The standard InChI is InChI=1S/C29H34F3N5O4S/c1-4-19-13-20(5-6-24(19)41-12-9-18-7-10-35(11-8-18)17-25(38)39)37-27(42)36(26(40)28(37,2)3)21-14-22(29(30,31)32)23(15-33)34-16-21/h5-6,13-14,16,18,27,42H,4,7-12,17H2,1-3H3,(H,38,39). The minimum absolute atomic E-state index is 0.0682.